The van der Waals surface area contributed by atoms with Crippen LogP contribution in [0.25, 0.3) is 0 Å². The minimum absolute atomic E-state index is 0.189. The molecule has 4 nitrogen and oxygen atoms in total. The number of carbonyl (C=O) groups excluding carboxylic acids is 1. The van der Waals surface area contributed by atoms with Gasteiger partial charge in [0.1, 0.15) is 0 Å². The summed E-state index contributed by atoms with van der Waals surface area (Å²) in [5.74, 6) is -0.207. The van der Waals surface area contributed by atoms with Crippen molar-refractivity contribution in [2.24, 2.45) is 0 Å². The molecule has 0 fully saturated rings. The molecule has 0 spiro atoms. The molecule has 0 aliphatic heterocycles. The molecule has 0 saturated carbocycles. The Kier molecular flexibility index (Phi) is 4.16. The van der Waals surface area contributed by atoms with Crippen LogP contribution >= 0.6 is 39.1 Å². The highest BCUT2D eigenvalue weighted by Crippen LogP contribution is 2.24. The van der Waals surface area contributed by atoms with E-state index in [0.717, 1.165) is 0 Å². The van der Waals surface area contributed by atoms with E-state index in [1.165, 1.54) is 0 Å². The zero-order valence-electron chi connectivity index (χ0n) is 8.84. The third-order valence-corrected chi connectivity index (χ3v) is 3.20. The van der Waals surface area contributed by atoms with Crippen molar-refractivity contribution in [1.29, 1.82) is 0 Å². The maximum absolute atomic E-state index is 11.6. The van der Waals surface area contributed by atoms with Crippen LogP contribution in [0.2, 0.25) is 10.0 Å². The number of anilines is 1. The SMILES string of the molecule is O=C(NNc1ccc(Cl)c(Cl)c1)c1ccc(Br)o1. The molecule has 7 heteroatoms. The predicted molar refractivity (Wildman–Crippen MR) is 74.0 cm³/mol. The van der Waals surface area contributed by atoms with Gasteiger partial charge in [-0.1, -0.05) is 23.2 Å². The van der Waals surface area contributed by atoms with E-state index in [0.29, 0.717) is 20.4 Å². The van der Waals surface area contributed by atoms with Crippen LogP contribution in [0, 0.1) is 0 Å². The van der Waals surface area contributed by atoms with Crippen LogP contribution in [-0.4, -0.2) is 5.91 Å². The highest BCUT2D eigenvalue weighted by molar-refractivity contribution is 9.10. The Morgan fingerprint density at radius 2 is 1.94 bits per heavy atom. The first kappa shape index (κ1) is 13.3. The molecule has 18 heavy (non-hydrogen) atoms. The molecule has 0 bridgehead atoms. The average molecular weight is 350 g/mol. The Bertz CT molecular complexity index is 586. The second kappa shape index (κ2) is 5.65. The Balaban J connectivity index is 1.99. The number of carbonyl (C=O) groups is 1. The van der Waals surface area contributed by atoms with Crippen LogP contribution < -0.4 is 10.9 Å². The van der Waals surface area contributed by atoms with Gasteiger partial charge in [0.15, 0.2) is 10.4 Å². The summed E-state index contributed by atoms with van der Waals surface area (Å²) in [6.07, 6.45) is 0. The first-order valence-corrected chi connectivity index (χ1v) is 6.38. The number of furan rings is 1. The molecule has 0 aliphatic carbocycles. The smallest absolute Gasteiger partial charge is 0.305 e. The van der Waals surface area contributed by atoms with E-state index in [2.05, 4.69) is 26.8 Å². The van der Waals surface area contributed by atoms with E-state index >= 15 is 0 Å². The molecule has 1 heterocycles. The normalized spacial score (nSPS) is 10.2. The zero-order chi connectivity index (χ0) is 13.1. The van der Waals surface area contributed by atoms with E-state index in [1.807, 2.05) is 0 Å². The van der Waals surface area contributed by atoms with Crippen molar-refractivity contribution in [2.45, 2.75) is 0 Å². The van der Waals surface area contributed by atoms with Crippen molar-refractivity contribution < 1.29 is 9.21 Å². The van der Waals surface area contributed by atoms with Gasteiger partial charge in [0, 0.05) is 0 Å². The molecule has 2 N–H and O–H groups in total. The van der Waals surface area contributed by atoms with E-state index in [1.54, 1.807) is 30.3 Å². The van der Waals surface area contributed by atoms with Crippen LogP contribution in [0.3, 0.4) is 0 Å². The first-order chi connectivity index (χ1) is 8.56. The molecular formula is C11H7BrCl2N2O2. The molecular weight excluding hydrogens is 343 g/mol. The van der Waals surface area contributed by atoms with Crippen molar-refractivity contribution in [1.82, 2.24) is 5.43 Å². The summed E-state index contributed by atoms with van der Waals surface area (Å²) in [6, 6.07) is 8.10. The van der Waals surface area contributed by atoms with E-state index in [4.69, 9.17) is 27.6 Å². The van der Waals surface area contributed by atoms with Gasteiger partial charge in [-0.15, -0.1) is 0 Å². The summed E-state index contributed by atoms with van der Waals surface area (Å²) >= 11 is 14.7. The lowest BCUT2D eigenvalue weighted by Gasteiger charge is -2.07. The molecule has 1 aromatic carbocycles. The molecule has 94 valence electrons. The molecule has 0 saturated heterocycles. The summed E-state index contributed by atoms with van der Waals surface area (Å²) in [5, 5.41) is 0.847. The van der Waals surface area contributed by atoms with E-state index in [9.17, 15) is 4.79 Å². The summed E-state index contributed by atoms with van der Waals surface area (Å²) < 4.78 is 5.58. The summed E-state index contributed by atoms with van der Waals surface area (Å²) in [6.45, 7) is 0. The fourth-order valence-corrected chi connectivity index (χ4v) is 1.81. The van der Waals surface area contributed by atoms with Gasteiger partial charge in [-0.05, 0) is 46.3 Å². The van der Waals surface area contributed by atoms with Gasteiger partial charge in [-0.25, -0.2) is 0 Å². The highest BCUT2D eigenvalue weighted by Gasteiger charge is 2.09. The van der Waals surface area contributed by atoms with E-state index < -0.39 is 5.91 Å². The van der Waals surface area contributed by atoms with Crippen molar-refractivity contribution in [3.63, 3.8) is 0 Å². The van der Waals surface area contributed by atoms with Crippen LogP contribution in [0.15, 0.2) is 39.4 Å². The quantitative estimate of drug-likeness (QED) is 0.820. The van der Waals surface area contributed by atoms with Gasteiger partial charge in [0.05, 0.1) is 15.7 Å². The second-order valence-electron chi connectivity index (χ2n) is 3.31. The monoisotopic (exact) mass is 348 g/mol. The fraction of sp³-hybridized carbons (Fsp3) is 0. The molecule has 2 aromatic rings. The largest absolute Gasteiger partial charge is 0.444 e. The maximum atomic E-state index is 11.6. The molecule has 0 unspecified atom stereocenters. The number of benzene rings is 1. The summed E-state index contributed by atoms with van der Waals surface area (Å²) in [7, 11) is 0. The lowest BCUT2D eigenvalue weighted by molar-refractivity contribution is 0.0934. The molecule has 1 aromatic heterocycles. The van der Waals surface area contributed by atoms with Crippen molar-refractivity contribution in [3.05, 3.63) is 50.8 Å². The first-order valence-electron chi connectivity index (χ1n) is 4.83. The Labute approximate surface area is 121 Å². The third-order valence-electron chi connectivity index (χ3n) is 2.04. The van der Waals surface area contributed by atoms with Gasteiger partial charge in [-0.3, -0.25) is 15.6 Å². The number of rotatable bonds is 3. The van der Waals surface area contributed by atoms with Gasteiger partial charge < -0.3 is 4.42 Å². The lowest BCUT2D eigenvalue weighted by Crippen LogP contribution is -2.28. The number of hydrogen-bond acceptors (Lipinski definition) is 3. The fourth-order valence-electron chi connectivity index (χ4n) is 1.20. The van der Waals surface area contributed by atoms with Crippen molar-refractivity contribution in [2.75, 3.05) is 5.43 Å². The highest BCUT2D eigenvalue weighted by atomic mass is 79.9. The van der Waals surface area contributed by atoms with Gasteiger partial charge in [0.25, 0.3) is 0 Å². The Morgan fingerprint density at radius 3 is 2.56 bits per heavy atom. The average Bonchev–Trinajstić information content (AvgIpc) is 2.77. The van der Waals surface area contributed by atoms with Gasteiger partial charge >= 0.3 is 5.91 Å². The molecule has 2 rings (SSSR count). The number of nitrogens with one attached hydrogen (secondary N) is 2. The van der Waals surface area contributed by atoms with Crippen LogP contribution in [0.4, 0.5) is 5.69 Å². The van der Waals surface area contributed by atoms with Crippen molar-refractivity contribution >= 4 is 50.7 Å². The third kappa shape index (κ3) is 3.19. The van der Waals surface area contributed by atoms with Gasteiger partial charge in [0.2, 0.25) is 0 Å². The number of hydrogen-bond donors (Lipinski definition) is 2. The predicted octanol–water partition coefficient (Wildman–Crippen LogP) is 4.11. The maximum Gasteiger partial charge on any atom is 0.305 e. The van der Waals surface area contributed by atoms with Crippen LogP contribution in [0.5, 0.6) is 0 Å². The second-order valence-corrected chi connectivity index (χ2v) is 4.91. The molecule has 0 radical (unpaired) electrons. The number of hydrazine groups is 1. The molecule has 0 atom stereocenters. The van der Waals surface area contributed by atoms with Crippen LogP contribution in [-0.2, 0) is 0 Å². The Morgan fingerprint density at radius 1 is 1.17 bits per heavy atom. The van der Waals surface area contributed by atoms with Gasteiger partial charge in [-0.2, -0.15) is 0 Å². The number of halogens is 3. The minimum atomic E-state index is -0.397. The summed E-state index contributed by atoms with van der Waals surface area (Å²) in [4.78, 5) is 11.6. The van der Waals surface area contributed by atoms with Crippen LogP contribution in [0.1, 0.15) is 10.6 Å². The molecule has 1 amide bonds. The number of amides is 1. The summed E-state index contributed by atoms with van der Waals surface area (Å²) in [5.41, 5.74) is 5.79. The van der Waals surface area contributed by atoms with E-state index in [-0.39, 0.29) is 5.76 Å². The minimum Gasteiger partial charge on any atom is -0.444 e. The molecule has 0 aliphatic rings. The van der Waals surface area contributed by atoms with Crippen molar-refractivity contribution in [3.8, 4) is 0 Å². The lowest BCUT2D eigenvalue weighted by atomic mass is 10.3. The zero-order valence-corrected chi connectivity index (χ0v) is 11.9. The Hall–Kier alpha value is -1.17. The topological polar surface area (TPSA) is 54.3 Å². The standard InChI is InChI=1S/C11H7BrCl2N2O2/c12-10-4-3-9(18-10)11(17)16-15-6-1-2-7(13)8(14)5-6/h1-5,15H,(H,16,17).